The number of hydrogen-bond donors (Lipinski definition) is 3. The molecule has 0 spiro atoms. The smallest absolute Gasteiger partial charge is 0.395 e. The number of H-pyrrole nitrogens is 1. The summed E-state index contributed by atoms with van der Waals surface area (Å²) in [5, 5.41) is 19.3. The number of halogens is 3. The summed E-state index contributed by atoms with van der Waals surface area (Å²) in [6.07, 6.45) is -3.40. The van der Waals surface area contributed by atoms with Gasteiger partial charge in [-0.15, -0.1) is 0 Å². The largest absolute Gasteiger partial charge is 0.575 e. The van der Waals surface area contributed by atoms with Crippen LogP contribution in [0.3, 0.4) is 0 Å². The number of aliphatic hydroxyl groups excluding tert-OH is 1. The van der Waals surface area contributed by atoms with Gasteiger partial charge < -0.3 is 29.3 Å². The van der Waals surface area contributed by atoms with E-state index in [9.17, 15) is 33.2 Å². The van der Waals surface area contributed by atoms with Gasteiger partial charge in [0.15, 0.2) is 23.7 Å². The second kappa shape index (κ2) is 15.5. The van der Waals surface area contributed by atoms with E-state index in [2.05, 4.69) is 9.48 Å². The highest BCUT2D eigenvalue weighted by Crippen LogP contribution is 2.41. The Hall–Kier alpha value is -3.30. The van der Waals surface area contributed by atoms with Gasteiger partial charge in [0.2, 0.25) is 5.75 Å². The third kappa shape index (κ3) is 9.13. The normalized spacial score (nSPS) is 23.2. The van der Waals surface area contributed by atoms with Crippen molar-refractivity contribution in [2.24, 2.45) is 4.74 Å². The van der Waals surface area contributed by atoms with Crippen LogP contribution < -0.4 is 25.4 Å². The maximum atomic E-state index is 15.2. The number of carboxylic acid groups (broad SMARTS) is 1. The summed E-state index contributed by atoms with van der Waals surface area (Å²) in [5.41, 5.74) is -3.98. The molecule has 0 radical (unpaired) electrons. The molecule has 17 heteroatoms. The van der Waals surface area contributed by atoms with Crippen LogP contribution in [-0.2, 0) is 14.3 Å². The lowest BCUT2D eigenvalue weighted by Gasteiger charge is -2.24. The zero-order valence-corrected chi connectivity index (χ0v) is 22.3. The van der Waals surface area contributed by atoms with E-state index in [0.29, 0.717) is 0 Å². The van der Waals surface area contributed by atoms with E-state index in [4.69, 9.17) is 19.1 Å². The Morgan fingerprint density at radius 3 is 2.45 bits per heavy atom. The molecule has 1 aromatic carbocycles. The van der Waals surface area contributed by atoms with Crippen LogP contribution in [0.5, 0.6) is 11.5 Å². The zero-order chi connectivity index (χ0) is 29.9. The summed E-state index contributed by atoms with van der Waals surface area (Å²) in [5.74, 6) is -1.24. The standard InChI is InChI=1S/C19H21FN3O9P.C4H8F2O/c1-10(16(26)27)22-33(29)32-12-6-4-3-5-11(12)30-9-13-15(25)19(2,20)17(31-13)23-8-7-14(24)21-18(23)28;5-1-3-7-4-2-6/h3-8,10,13,15,17,25H,9H2,1-2H3,(H,26,27)(H,21,24,28);1-4H2/t10-,13+,15+,17+,19+;/m0./s1. The van der Waals surface area contributed by atoms with Crippen LogP contribution in [-0.4, -0.2) is 82.8 Å². The molecule has 3 N–H and O–H groups in total. The van der Waals surface area contributed by atoms with Crippen molar-refractivity contribution in [3.63, 3.8) is 0 Å². The number of alkyl halides is 3. The Bertz CT molecular complexity index is 1250. The van der Waals surface area contributed by atoms with E-state index in [1.54, 1.807) is 12.1 Å². The van der Waals surface area contributed by atoms with Crippen LogP contribution in [0.2, 0.25) is 0 Å². The minimum Gasteiger partial charge on any atom is -0.575 e. The first kappa shape index (κ1) is 32.9. The highest BCUT2D eigenvalue weighted by molar-refractivity contribution is 7.34. The van der Waals surface area contributed by atoms with Crippen molar-refractivity contribution in [2.45, 2.75) is 44.0 Å². The van der Waals surface area contributed by atoms with Gasteiger partial charge in [-0.05, 0) is 26.0 Å². The summed E-state index contributed by atoms with van der Waals surface area (Å²) in [6, 6.07) is 5.72. The fourth-order valence-electron chi connectivity index (χ4n) is 3.29. The molecule has 1 fully saturated rings. The summed E-state index contributed by atoms with van der Waals surface area (Å²) < 4.78 is 62.3. The molecule has 1 saturated heterocycles. The van der Waals surface area contributed by atoms with E-state index < -0.39 is 68.9 Å². The van der Waals surface area contributed by atoms with Gasteiger partial charge in [-0.2, -0.15) is 0 Å². The predicted octanol–water partition coefficient (Wildman–Crippen LogP) is 1.25. The van der Waals surface area contributed by atoms with E-state index in [-0.39, 0.29) is 31.3 Å². The van der Waals surface area contributed by atoms with E-state index in [0.717, 1.165) is 23.8 Å². The fraction of sp³-hybridized carbons (Fsp3) is 0.522. The fourth-order valence-corrected chi connectivity index (χ4v) is 4.04. The molecule has 1 aliphatic heterocycles. The number of aliphatic carboxylic acids is 1. The van der Waals surface area contributed by atoms with Crippen LogP contribution in [0, 0.1) is 0 Å². The second-order valence-electron chi connectivity index (χ2n) is 8.35. The van der Waals surface area contributed by atoms with Crippen LogP contribution in [0.15, 0.2) is 50.9 Å². The van der Waals surface area contributed by atoms with Crippen molar-refractivity contribution < 1.29 is 51.8 Å². The molecule has 13 nitrogen and oxygen atoms in total. The molecule has 2 heterocycles. The van der Waals surface area contributed by atoms with Gasteiger partial charge in [-0.1, -0.05) is 16.9 Å². The predicted molar refractivity (Wildman–Crippen MR) is 133 cm³/mol. The van der Waals surface area contributed by atoms with Crippen molar-refractivity contribution in [3.8, 4) is 11.5 Å². The van der Waals surface area contributed by atoms with Gasteiger partial charge >= 0.3 is 19.8 Å². The maximum Gasteiger partial charge on any atom is 0.395 e. The van der Waals surface area contributed by atoms with Gasteiger partial charge in [0, 0.05) is 12.3 Å². The maximum absolute atomic E-state index is 15.2. The molecule has 222 valence electrons. The Balaban J connectivity index is 0.000000708. The average Bonchev–Trinajstić information content (AvgIpc) is 3.12. The summed E-state index contributed by atoms with van der Waals surface area (Å²) in [4.78, 5) is 48.1. The first-order valence-corrected chi connectivity index (χ1v) is 12.9. The number of benzene rings is 1. The summed E-state index contributed by atoms with van der Waals surface area (Å²) >= 11 is 0. The van der Waals surface area contributed by atoms with Gasteiger partial charge in [-0.25, -0.2) is 22.8 Å². The Morgan fingerprint density at radius 1 is 1.25 bits per heavy atom. The van der Waals surface area contributed by atoms with Crippen LogP contribution in [0.25, 0.3) is 0 Å². The van der Waals surface area contributed by atoms with E-state index >= 15 is 4.39 Å². The van der Waals surface area contributed by atoms with Gasteiger partial charge in [0.05, 0.1) is 13.2 Å². The molecule has 1 unspecified atom stereocenters. The molecule has 0 bridgehead atoms. The van der Waals surface area contributed by atoms with Crippen LogP contribution in [0.4, 0.5) is 13.2 Å². The lowest BCUT2D eigenvalue weighted by molar-refractivity contribution is -0.169. The first-order valence-electron chi connectivity index (χ1n) is 11.8. The van der Waals surface area contributed by atoms with Crippen molar-refractivity contribution in [1.29, 1.82) is 0 Å². The number of aromatic amines is 1. The monoisotopic (exact) mass is 595 g/mol. The molecular weight excluding hydrogens is 566 g/mol. The quantitative estimate of drug-likeness (QED) is 0.238. The summed E-state index contributed by atoms with van der Waals surface area (Å²) in [7, 11) is -2.73. The molecule has 3 rings (SSSR count). The molecule has 1 aromatic heterocycles. The minimum absolute atomic E-state index is 0.0178. The number of rotatable bonds is 12. The van der Waals surface area contributed by atoms with E-state index in [1.165, 1.54) is 19.1 Å². The minimum atomic E-state index is -2.73. The van der Waals surface area contributed by atoms with Crippen molar-refractivity contribution in [2.75, 3.05) is 33.2 Å². The van der Waals surface area contributed by atoms with Crippen LogP contribution in [0.1, 0.15) is 20.1 Å². The number of aromatic nitrogens is 2. The van der Waals surface area contributed by atoms with Gasteiger partial charge in [0.25, 0.3) is 5.56 Å². The lowest BCUT2D eigenvalue weighted by atomic mass is 9.98. The van der Waals surface area contributed by atoms with E-state index in [1.807, 2.05) is 4.98 Å². The number of nitrogens with one attached hydrogen (secondary N) is 1. The molecule has 6 atom stereocenters. The molecule has 0 aliphatic carbocycles. The topological polar surface area (TPSA) is 185 Å². The van der Waals surface area contributed by atoms with Crippen molar-refractivity contribution in [1.82, 2.24) is 9.55 Å². The van der Waals surface area contributed by atoms with Crippen molar-refractivity contribution >= 4 is 14.1 Å². The number of ether oxygens (including phenoxy) is 3. The van der Waals surface area contributed by atoms with Crippen molar-refractivity contribution in [3.05, 3.63) is 57.4 Å². The Labute approximate surface area is 226 Å². The average molecular weight is 595 g/mol. The molecule has 2 aromatic rings. The molecular formula is C23H29F3N3O10P. The Kier molecular flexibility index (Phi) is 12.7. The molecule has 0 amide bonds. The number of nitrogens with zero attached hydrogens (tertiary/aromatic N) is 2. The van der Waals surface area contributed by atoms with Gasteiger partial charge in [0.1, 0.15) is 32.2 Å². The SMILES string of the molecule is C[C@H](N=[P+]([O-])Oc1ccccc1OC[C@H]1O[C@@H](n2ccc(=O)[nH]c2=O)[C@](C)(F)[C@@H]1O)C(=O)O.FCCOCCF. The number of carbonyl (C=O) groups is 1. The second-order valence-corrected chi connectivity index (χ2v) is 9.24. The molecule has 1 aliphatic rings. The highest BCUT2D eigenvalue weighted by atomic mass is 31.1. The third-order valence-electron chi connectivity index (χ3n) is 5.32. The number of carboxylic acids is 1. The number of aliphatic hydroxyl groups is 1. The number of hydrogen-bond acceptors (Lipinski definition) is 10. The number of para-hydroxylation sites is 2. The third-order valence-corrected chi connectivity index (χ3v) is 6.21. The van der Waals surface area contributed by atoms with Gasteiger partial charge in [-0.3, -0.25) is 18.9 Å². The van der Waals surface area contributed by atoms with Crippen LogP contribution >= 0.6 is 8.17 Å². The highest BCUT2D eigenvalue weighted by Gasteiger charge is 2.55. The first-order chi connectivity index (χ1) is 18.9. The molecule has 40 heavy (non-hydrogen) atoms. The molecule has 0 saturated carbocycles. The summed E-state index contributed by atoms with van der Waals surface area (Å²) in [6.45, 7) is 0.883. The zero-order valence-electron chi connectivity index (χ0n) is 21.4. The Morgan fingerprint density at radius 2 is 1.88 bits per heavy atom. The lowest BCUT2D eigenvalue weighted by Crippen LogP contribution is -2.43.